The number of rotatable bonds is 5. The van der Waals surface area contributed by atoms with Crippen LogP contribution in [-0.2, 0) is 10.3 Å². The van der Waals surface area contributed by atoms with Gasteiger partial charge in [0.1, 0.15) is 0 Å². The van der Waals surface area contributed by atoms with Crippen LogP contribution in [0.2, 0.25) is 0 Å². The highest BCUT2D eigenvalue weighted by atomic mass is 32.2. The molecule has 0 fully saturated rings. The summed E-state index contributed by atoms with van der Waals surface area (Å²) in [6, 6.07) is 0. The Labute approximate surface area is 105 Å². The standard InChI is InChI=1S/C10H17N5OS/c1-5-6-11-8(16)7-17-9-12-13-14-15(9)10(2,3)4/h5H,1,6-7H2,2-4H3,(H,11,16). The van der Waals surface area contributed by atoms with Crippen molar-refractivity contribution in [2.24, 2.45) is 0 Å². The second-order valence-electron chi connectivity index (χ2n) is 4.43. The molecule has 0 aliphatic heterocycles. The molecule has 94 valence electrons. The van der Waals surface area contributed by atoms with Crippen molar-refractivity contribution in [2.75, 3.05) is 12.3 Å². The van der Waals surface area contributed by atoms with Gasteiger partial charge in [0.05, 0.1) is 11.3 Å². The van der Waals surface area contributed by atoms with Crippen molar-refractivity contribution >= 4 is 17.7 Å². The van der Waals surface area contributed by atoms with Crippen LogP contribution in [0.25, 0.3) is 0 Å². The molecule has 0 spiro atoms. The number of hydrogen-bond acceptors (Lipinski definition) is 5. The fourth-order valence-electron chi connectivity index (χ4n) is 1.06. The van der Waals surface area contributed by atoms with E-state index in [0.717, 1.165) is 0 Å². The molecule has 6 nitrogen and oxygen atoms in total. The highest BCUT2D eigenvalue weighted by Gasteiger charge is 2.20. The fourth-order valence-corrected chi connectivity index (χ4v) is 1.95. The lowest BCUT2D eigenvalue weighted by molar-refractivity contribution is -0.118. The Morgan fingerprint density at radius 1 is 1.59 bits per heavy atom. The number of carbonyl (C=O) groups is 1. The van der Waals surface area contributed by atoms with Crippen LogP contribution >= 0.6 is 11.8 Å². The van der Waals surface area contributed by atoms with E-state index in [1.54, 1.807) is 10.8 Å². The van der Waals surface area contributed by atoms with Crippen molar-refractivity contribution in [1.29, 1.82) is 0 Å². The molecule has 1 amide bonds. The van der Waals surface area contributed by atoms with Crippen molar-refractivity contribution in [3.05, 3.63) is 12.7 Å². The number of amides is 1. The molecule has 1 aromatic heterocycles. The predicted octanol–water partition coefficient (Wildman–Crippen LogP) is 0.822. The summed E-state index contributed by atoms with van der Waals surface area (Å²) in [6.45, 7) is 10.0. The molecule has 1 aromatic rings. The normalized spacial score (nSPS) is 11.2. The Hall–Kier alpha value is -1.37. The van der Waals surface area contributed by atoms with Crippen LogP contribution in [0.1, 0.15) is 20.8 Å². The number of nitrogens with zero attached hydrogens (tertiary/aromatic N) is 4. The van der Waals surface area contributed by atoms with Gasteiger partial charge < -0.3 is 5.32 Å². The molecule has 0 atom stereocenters. The van der Waals surface area contributed by atoms with E-state index < -0.39 is 0 Å². The maximum atomic E-state index is 11.4. The molecule has 7 heteroatoms. The number of nitrogens with one attached hydrogen (secondary N) is 1. The third-order valence-electron chi connectivity index (χ3n) is 1.85. The summed E-state index contributed by atoms with van der Waals surface area (Å²) in [5.41, 5.74) is -0.191. The van der Waals surface area contributed by atoms with E-state index >= 15 is 0 Å². The monoisotopic (exact) mass is 255 g/mol. The average molecular weight is 255 g/mol. The van der Waals surface area contributed by atoms with E-state index in [1.165, 1.54) is 11.8 Å². The van der Waals surface area contributed by atoms with Crippen molar-refractivity contribution in [3.63, 3.8) is 0 Å². The van der Waals surface area contributed by atoms with Gasteiger partial charge in [0.15, 0.2) is 0 Å². The quantitative estimate of drug-likeness (QED) is 0.623. The van der Waals surface area contributed by atoms with Gasteiger partial charge in [0.2, 0.25) is 11.1 Å². The van der Waals surface area contributed by atoms with Crippen LogP contribution in [0.5, 0.6) is 0 Å². The Morgan fingerprint density at radius 2 is 2.29 bits per heavy atom. The zero-order valence-electron chi connectivity index (χ0n) is 10.3. The molecular formula is C10H17N5OS. The Kier molecular flexibility index (Phi) is 4.68. The molecule has 0 radical (unpaired) electrons. The average Bonchev–Trinajstić information content (AvgIpc) is 2.71. The van der Waals surface area contributed by atoms with Gasteiger partial charge in [0, 0.05) is 6.54 Å². The SMILES string of the molecule is C=CCNC(=O)CSc1nnnn1C(C)(C)C. The molecule has 1 heterocycles. The first-order valence-electron chi connectivity index (χ1n) is 5.24. The molecule has 0 unspecified atom stereocenters. The van der Waals surface area contributed by atoms with Crippen molar-refractivity contribution in [1.82, 2.24) is 25.5 Å². The second-order valence-corrected chi connectivity index (χ2v) is 5.37. The zero-order chi connectivity index (χ0) is 12.9. The second kappa shape index (κ2) is 5.81. The summed E-state index contributed by atoms with van der Waals surface area (Å²) >= 11 is 1.32. The molecule has 0 saturated heterocycles. The van der Waals surface area contributed by atoms with Gasteiger partial charge in [-0.25, -0.2) is 4.68 Å². The van der Waals surface area contributed by atoms with E-state index in [9.17, 15) is 4.79 Å². The lowest BCUT2D eigenvalue weighted by Gasteiger charge is -2.19. The summed E-state index contributed by atoms with van der Waals surface area (Å²) in [5, 5.41) is 14.8. The highest BCUT2D eigenvalue weighted by molar-refractivity contribution is 7.99. The Bertz CT molecular complexity index is 396. The molecular weight excluding hydrogens is 238 g/mol. The lowest BCUT2D eigenvalue weighted by Crippen LogP contribution is -2.27. The van der Waals surface area contributed by atoms with Gasteiger partial charge in [-0.1, -0.05) is 17.8 Å². The first-order chi connectivity index (χ1) is 7.95. The van der Waals surface area contributed by atoms with Gasteiger partial charge in [-0.2, -0.15) is 0 Å². The maximum Gasteiger partial charge on any atom is 0.230 e. The maximum absolute atomic E-state index is 11.4. The first kappa shape index (κ1) is 13.7. The summed E-state index contributed by atoms with van der Waals surface area (Å²) in [5.74, 6) is 0.239. The van der Waals surface area contributed by atoms with E-state index in [-0.39, 0.29) is 11.4 Å². The smallest absolute Gasteiger partial charge is 0.230 e. The zero-order valence-corrected chi connectivity index (χ0v) is 11.1. The summed E-state index contributed by atoms with van der Waals surface area (Å²) in [7, 11) is 0. The van der Waals surface area contributed by atoms with Crippen LogP contribution in [0.15, 0.2) is 17.8 Å². The number of thioether (sulfide) groups is 1. The van der Waals surface area contributed by atoms with E-state index in [4.69, 9.17) is 0 Å². The van der Waals surface area contributed by atoms with E-state index in [0.29, 0.717) is 17.5 Å². The largest absolute Gasteiger partial charge is 0.352 e. The minimum absolute atomic E-state index is 0.0571. The van der Waals surface area contributed by atoms with Gasteiger partial charge in [-0.3, -0.25) is 4.79 Å². The molecule has 0 bridgehead atoms. The van der Waals surface area contributed by atoms with Crippen LogP contribution in [0.4, 0.5) is 0 Å². The van der Waals surface area contributed by atoms with Crippen LogP contribution < -0.4 is 5.32 Å². The van der Waals surface area contributed by atoms with Crippen molar-refractivity contribution < 1.29 is 4.79 Å². The number of tetrazole rings is 1. The molecule has 0 aliphatic carbocycles. The third kappa shape index (κ3) is 4.18. The highest BCUT2D eigenvalue weighted by Crippen LogP contribution is 2.20. The lowest BCUT2D eigenvalue weighted by atomic mass is 10.1. The van der Waals surface area contributed by atoms with Gasteiger partial charge >= 0.3 is 0 Å². The predicted molar refractivity (Wildman–Crippen MR) is 66.7 cm³/mol. The van der Waals surface area contributed by atoms with Gasteiger partial charge in [-0.05, 0) is 31.2 Å². The minimum Gasteiger partial charge on any atom is -0.352 e. The summed E-state index contributed by atoms with van der Waals surface area (Å²) in [4.78, 5) is 11.4. The topological polar surface area (TPSA) is 72.7 Å². The molecule has 17 heavy (non-hydrogen) atoms. The fraction of sp³-hybridized carbons (Fsp3) is 0.600. The van der Waals surface area contributed by atoms with Crippen molar-refractivity contribution in [3.8, 4) is 0 Å². The number of aromatic nitrogens is 4. The van der Waals surface area contributed by atoms with Crippen LogP contribution in [0.3, 0.4) is 0 Å². The van der Waals surface area contributed by atoms with Crippen molar-refractivity contribution in [2.45, 2.75) is 31.5 Å². The molecule has 0 aromatic carbocycles. The van der Waals surface area contributed by atoms with Gasteiger partial charge in [0.25, 0.3) is 0 Å². The molecule has 1 rings (SSSR count). The van der Waals surface area contributed by atoms with E-state index in [1.807, 2.05) is 20.8 Å². The minimum atomic E-state index is -0.191. The number of hydrogen-bond donors (Lipinski definition) is 1. The Balaban J connectivity index is 2.55. The van der Waals surface area contributed by atoms with Gasteiger partial charge in [-0.15, -0.1) is 11.7 Å². The summed E-state index contributed by atoms with van der Waals surface area (Å²) < 4.78 is 1.71. The molecule has 1 N–H and O–H groups in total. The van der Waals surface area contributed by atoms with Crippen LogP contribution in [-0.4, -0.2) is 38.4 Å². The van der Waals surface area contributed by atoms with Crippen LogP contribution in [0, 0.1) is 0 Å². The first-order valence-corrected chi connectivity index (χ1v) is 6.23. The summed E-state index contributed by atoms with van der Waals surface area (Å²) in [6.07, 6.45) is 1.64. The number of carbonyl (C=O) groups excluding carboxylic acids is 1. The third-order valence-corrected chi connectivity index (χ3v) is 2.77. The molecule has 0 saturated carbocycles. The van der Waals surface area contributed by atoms with E-state index in [2.05, 4.69) is 27.4 Å². The Morgan fingerprint density at radius 3 is 2.88 bits per heavy atom. The molecule has 0 aliphatic rings.